The summed E-state index contributed by atoms with van der Waals surface area (Å²) in [5, 5.41) is -0.331. The number of aryl methyl sites for hydroxylation is 1. The lowest BCUT2D eigenvalue weighted by molar-refractivity contribution is 0.586. The minimum absolute atomic E-state index is 0.233. The molecular weight excluding hydrogens is 372 g/mol. The summed E-state index contributed by atoms with van der Waals surface area (Å²) in [5.41, 5.74) is 1.87. The van der Waals surface area contributed by atoms with Crippen LogP contribution in [0.5, 0.6) is 0 Å². The third-order valence-corrected chi connectivity index (χ3v) is 8.41. The lowest BCUT2D eigenvalue weighted by Gasteiger charge is -2.31. The molecule has 1 heterocycles. The zero-order valence-electron chi connectivity index (χ0n) is 14.1. The van der Waals surface area contributed by atoms with Crippen LogP contribution in [0.15, 0.2) is 53.4 Å². The van der Waals surface area contributed by atoms with Crippen LogP contribution in [0.25, 0.3) is 0 Å². The number of benzene rings is 2. The molecule has 0 spiro atoms. The van der Waals surface area contributed by atoms with Crippen molar-refractivity contribution in [3.05, 3.63) is 54.1 Å². The summed E-state index contributed by atoms with van der Waals surface area (Å²) in [4.78, 5) is 0.233. The van der Waals surface area contributed by atoms with Gasteiger partial charge in [0.1, 0.15) is 0 Å². The third kappa shape index (κ3) is 3.19. The maximum Gasteiger partial charge on any atom is 0.264 e. The highest BCUT2D eigenvalue weighted by atomic mass is 32.2. The Morgan fingerprint density at radius 1 is 0.962 bits per heavy atom. The predicted octanol–water partition coefficient (Wildman–Crippen LogP) is 2.73. The van der Waals surface area contributed by atoms with E-state index in [0.29, 0.717) is 30.8 Å². The van der Waals surface area contributed by atoms with Crippen LogP contribution in [0.2, 0.25) is 0 Å². The Hall–Kier alpha value is -2.06. The fraction of sp³-hybridized carbons (Fsp3) is 0.333. The molecule has 1 fully saturated rings. The molecule has 138 valence electrons. The van der Waals surface area contributed by atoms with Crippen LogP contribution in [0.4, 0.5) is 11.4 Å². The second-order valence-electron chi connectivity index (χ2n) is 6.68. The van der Waals surface area contributed by atoms with Gasteiger partial charge in [-0.3, -0.25) is 9.03 Å². The third-order valence-electron chi connectivity index (χ3n) is 4.72. The largest absolute Gasteiger partial charge is 0.283 e. The standard InChI is InChI=1S/C18H20N2O4S2/c21-25(22,16-10-11-16)19-15-9-8-14-5-4-12-20(18(14)13-15)26(23,24)17-6-2-1-3-7-17/h1-3,6-9,13,16,19H,4-5,10-12H2. The average Bonchev–Trinajstić information content (AvgIpc) is 3.47. The number of sulfonamides is 2. The van der Waals surface area contributed by atoms with Gasteiger partial charge in [-0.05, 0) is 55.5 Å². The molecule has 0 radical (unpaired) electrons. The molecule has 1 saturated carbocycles. The number of anilines is 2. The van der Waals surface area contributed by atoms with Gasteiger partial charge in [0, 0.05) is 6.54 Å². The van der Waals surface area contributed by atoms with Crippen molar-refractivity contribution in [1.29, 1.82) is 0 Å². The molecule has 0 saturated heterocycles. The minimum atomic E-state index is -3.68. The first-order valence-electron chi connectivity index (χ1n) is 8.60. The highest BCUT2D eigenvalue weighted by molar-refractivity contribution is 7.93. The maximum absolute atomic E-state index is 13.1. The first-order chi connectivity index (χ1) is 12.4. The van der Waals surface area contributed by atoms with Crippen molar-refractivity contribution in [2.75, 3.05) is 15.6 Å². The molecule has 8 heteroatoms. The van der Waals surface area contributed by atoms with E-state index >= 15 is 0 Å². The summed E-state index contributed by atoms with van der Waals surface area (Å²) in [6.45, 7) is 0.378. The van der Waals surface area contributed by atoms with Crippen LogP contribution >= 0.6 is 0 Å². The Morgan fingerprint density at radius 3 is 2.38 bits per heavy atom. The van der Waals surface area contributed by atoms with Gasteiger partial charge in [0.25, 0.3) is 10.0 Å². The van der Waals surface area contributed by atoms with Gasteiger partial charge < -0.3 is 0 Å². The second-order valence-corrected chi connectivity index (χ2v) is 10.5. The Labute approximate surface area is 153 Å². The van der Waals surface area contributed by atoms with Gasteiger partial charge in [-0.2, -0.15) is 0 Å². The van der Waals surface area contributed by atoms with Crippen molar-refractivity contribution in [3.63, 3.8) is 0 Å². The molecule has 4 rings (SSSR count). The molecular formula is C18H20N2O4S2. The highest BCUT2D eigenvalue weighted by Gasteiger charge is 2.36. The minimum Gasteiger partial charge on any atom is -0.283 e. The zero-order valence-corrected chi connectivity index (χ0v) is 15.8. The Kier molecular flexibility index (Phi) is 4.19. The van der Waals surface area contributed by atoms with E-state index in [1.807, 2.05) is 6.07 Å². The number of nitrogens with zero attached hydrogens (tertiary/aromatic N) is 1. The maximum atomic E-state index is 13.1. The quantitative estimate of drug-likeness (QED) is 0.848. The van der Waals surface area contributed by atoms with E-state index in [4.69, 9.17) is 0 Å². The fourth-order valence-electron chi connectivity index (χ4n) is 3.20. The van der Waals surface area contributed by atoms with Crippen LogP contribution < -0.4 is 9.03 Å². The molecule has 0 bridgehead atoms. The average molecular weight is 393 g/mol. The summed E-state index contributed by atoms with van der Waals surface area (Å²) in [6.07, 6.45) is 2.85. The normalized spacial score (nSPS) is 17.6. The van der Waals surface area contributed by atoms with E-state index in [9.17, 15) is 16.8 Å². The predicted molar refractivity (Wildman–Crippen MR) is 101 cm³/mol. The molecule has 1 aliphatic carbocycles. The van der Waals surface area contributed by atoms with Gasteiger partial charge in [0.15, 0.2) is 0 Å². The summed E-state index contributed by atoms with van der Waals surface area (Å²) >= 11 is 0. The van der Waals surface area contributed by atoms with E-state index < -0.39 is 20.0 Å². The van der Waals surface area contributed by atoms with E-state index in [1.54, 1.807) is 42.5 Å². The molecule has 2 aliphatic rings. The highest BCUT2D eigenvalue weighted by Crippen LogP contribution is 2.35. The van der Waals surface area contributed by atoms with Crippen LogP contribution in [0.1, 0.15) is 24.8 Å². The first kappa shape index (κ1) is 17.4. The van der Waals surface area contributed by atoms with Crippen molar-refractivity contribution in [2.24, 2.45) is 0 Å². The molecule has 2 aromatic rings. The van der Waals surface area contributed by atoms with Gasteiger partial charge in [-0.15, -0.1) is 0 Å². The lowest BCUT2D eigenvalue weighted by atomic mass is 10.0. The van der Waals surface area contributed by atoms with E-state index in [2.05, 4.69) is 4.72 Å². The molecule has 26 heavy (non-hydrogen) atoms. The lowest BCUT2D eigenvalue weighted by Crippen LogP contribution is -2.35. The van der Waals surface area contributed by atoms with Crippen molar-refractivity contribution in [1.82, 2.24) is 0 Å². The fourth-order valence-corrected chi connectivity index (χ4v) is 6.13. The molecule has 0 amide bonds. The molecule has 6 nitrogen and oxygen atoms in total. The van der Waals surface area contributed by atoms with E-state index in [-0.39, 0.29) is 10.1 Å². The van der Waals surface area contributed by atoms with Gasteiger partial charge >= 0.3 is 0 Å². The molecule has 2 aromatic carbocycles. The smallest absolute Gasteiger partial charge is 0.264 e. The topological polar surface area (TPSA) is 83.6 Å². The molecule has 1 aliphatic heterocycles. The monoisotopic (exact) mass is 392 g/mol. The summed E-state index contributed by atoms with van der Waals surface area (Å²) in [6, 6.07) is 13.5. The van der Waals surface area contributed by atoms with Gasteiger partial charge in [0.2, 0.25) is 10.0 Å². The van der Waals surface area contributed by atoms with E-state index in [0.717, 1.165) is 18.4 Å². The number of nitrogens with one attached hydrogen (secondary N) is 1. The van der Waals surface area contributed by atoms with Gasteiger partial charge in [-0.25, -0.2) is 16.8 Å². The number of hydrogen-bond donors (Lipinski definition) is 1. The number of hydrogen-bond acceptors (Lipinski definition) is 4. The van der Waals surface area contributed by atoms with Crippen LogP contribution in [-0.2, 0) is 26.5 Å². The van der Waals surface area contributed by atoms with Crippen molar-refractivity contribution < 1.29 is 16.8 Å². The molecule has 0 atom stereocenters. The first-order valence-corrected chi connectivity index (χ1v) is 11.6. The molecule has 1 N–H and O–H groups in total. The van der Waals surface area contributed by atoms with Crippen molar-refractivity contribution in [2.45, 2.75) is 35.8 Å². The van der Waals surface area contributed by atoms with E-state index in [1.165, 1.54) is 4.31 Å². The zero-order chi connectivity index (χ0) is 18.4. The summed E-state index contributed by atoms with van der Waals surface area (Å²) in [7, 11) is -7.07. The van der Waals surface area contributed by atoms with Crippen LogP contribution in [0, 0.1) is 0 Å². The summed E-state index contributed by atoms with van der Waals surface area (Å²) < 4.78 is 54.5. The molecule has 0 aromatic heterocycles. The van der Waals surface area contributed by atoms with Crippen LogP contribution in [0.3, 0.4) is 0 Å². The molecule has 0 unspecified atom stereocenters. The van der Waals surface area contributed by atoms with Gasteiger partial charge in [0.05, 0.1) is 21.5 Å². The van der Waals surface area contributed by atoms with Crippen molar-refractivity contribution >= 4 is 31.4 Å². The van der Waals surface area contributed by atoms with Gasteiger partial charge in [-0.1, -0.05) is 24.3 Å². The number of fused-ring (bicyclic) bond motifs is 1. The second kappa shape index (κ2) is 6.28. The Bertz CT molecular complexity index is 1030. The van der Waals surface area contributed by atoms with Crippen molar-refractivity contribution in [3.8, 4) is 0 Å². The SMILES string of the molecule is O=S(=O)(Nc1ccc2c(c1)N(S(=O)(=O)c1ccccc1)CCC2)C1CC1. The Balaban J connectivity index is 1.72. The van der Waals surface area contributed by atoms with Crippen LogP contribution in [-0.4, -0.2) is 28.6 Å². The Morgan fingerprint density at radius 2 is 1.69 bits per heavy atom. The summed E-state index contributed by atoms with van der Waals surface area (Å²) in [5.74, 6) is 0. The number of rotatable bonds is 5.